The number of hydrogen-bond acceptors (Lipinski definition) is 6. The lowest BCUT2D eigenvalue weighted by atomic mass is 10.2. The summed E-state index contributed by atoms with van der Waals surface area (Å²) in [6, 6.07) is 10.2. The van der Waals surface area contributed by atoms with Gasteiger partial charge in [-0.15, -0.1) is 5.10 Å². The highest BCUT2D eigenvalue weighted by Gasteiger charge is 2.22. The predicted molar refractivity (Wildman–Crippen MR) is 110 cm³/mol. The molecule has 1 amide bonds. The molecular weight excluding hydrogens is 444 g/mol. The summed E-state index contributed by atoms with van der Waals surface area (Å²) < 4.78 is 38.9. The Labute approximate surface area is 185 Å². The first-order valence-corrected chi connectivity index (χ1v) is 9.75. The maximum absolute atomic E-state index is 13.8. The van der Waals surface area contributed by atoms with Gasteiger partial charge in [-0.3, -0.25) is 10.1 Å². The zero-order chi connectivity index (χ0) is 22.7. The number of nitrogens with zero attached hydrogens (tertiary/aromatic N) is 4. The molecule has 0 spiro atoms. The molecule has 4 aromatic rings. The second-order valence-electron chi connectivity index (χ2n) is 6.78. The van der Waals surface area contributed by atoms with Gasteiger partial charge in [0, 0.05) is 11.1 Å². The second-order valence-corrected chi connectivity index (χ2v) is 7.21. The fourth-order valence-corrected chi connectivity index (χ4v) is 2.97. The SMILES string of the molecule is Cc1onc(C(=O)Nc2ncn(Cc3ccc(Cl)cc3)n2)c1COc1ccc(F)cc1F. The molecule has 2 heterocycles. The molecule has 0 saturated heterocycles. The van der Waals surface area contributed by atoms with Crippen molar-refractivity contribution in [1.82, 2.24) is 19.9 Å². The molecule has 0 unspecified atom stereocenters. The molecule has 0 saturated carbocycles. The first-order valence-electron chi connectivity index (χ1n) is 9.37. The monoisotopic (exact) mass is 459 g/mol. The second kappa shape index (κ2) is 9.15. The van der Waals surface area contributed by atoms with Crippen LogP contribution in [0.5, 0.6) is 5.75 Å². The topological polar surface area (TPSA) is 95.1 Å². The van der Waals surface area contributed by atoms with E-state index in [-0.39, 0.29) is 24.0 Å². The lowest BCUT2D eigenvalue weighted by Gasteiger charge is -2.07. The molecule has 164 valence electrons. The molecule has 0 aliphatic carbocycles. The van der Waals surface area contributed by atoms with Crippen LogP contribution in [0, 0.1) is 18.6 Å². The van der Waals surface area contributed by atoms with Crippen molar-refractivity contribution < 1.29 is 22.8 Å². The molecule has 0 fully saturated rings. The van der Waals surface area contributed by atoms with Gasteiger partial charge in [0.15, 0.2) is 17.3 Å². The lowest BCUT2D eigenvalue weighted by molar-refractivity contribution is 0.101. The van der Waals surface area contributed by atoms with Gasteiger partial charge in [-0.05, 0) is 36.8 Å². The molecule has 0 atom stereocenters. The number of benzene rings is 2. The maximum atomic E-state index is 13.8. The number of rotatable bonds is 7. The first kappa shape index (κ1) is 21.4. The summed E-state index contributed by atoms with van der Waals surface area (Å²) in [6.07, 6.45) is 1.47. The Morgan fingerprint density at radius 1 is 1.22 bits per heavy atom. The predicted octanol–water partition coefficient (Wildman–Crippen LogP) is 4.39. The van der Waals surface area contributed by atoms with Crippen LogP contribution >= 0.6 is 11.6 Å². The number of hydrogen-bond donors (Lipinski definition) is 1. The summed E-state index contributed by atoms with van der Waals surface area (Å²) in [5.41, 5.74) is 1.21. The Kier molecular flexibility index (Phi) is 6.13. The van der Waals surface area contributed by atoms with Gasteiger partial charge in [-0.25, -0.2) is 18.4 Å². The zero-order valence-electron chi connectivity index (χ0n) is 16.7. The van der Waals surface area contributed by atoms with Crippen LogP contribution in [0.15, 0.2) is 53.3 Å². The minimum absolute atomic E-state index is 0.0564. The summed E-state index contributed by atoms with van der Waals surface area (Å²) in [4.78, 5) is 16.7. The van der Waals surface area contributed by atoms with Crippen molar-refractivity contribution in [3.63, 3.8) is 0 Å². The number of ether oxygens (including phenoxy) is 1. The van der Waals surface area contributed by atoms with Crippen LogP contribution in [0.25, 0.3) is 0 Å². The van der Waals surface area contributed by atoms with Gasteiger partial charge in [-0.2, -0.15) is 0 Å². The Hall–Kier alpha value is -3.79. The highest BCUT2D eigenvalue weighted by Crippen LogP contribution is 2.22. The molecule has 0 radical (unpaired) electrons. The van der Waals surface area contributed by atoms with E-state index in [0.717, 1.165) is 17.7 Å². The summed E-state index contributed by atoms with van der Waals surface area (Å²) in [6.45, 7) is 1.81. The van der Waals surface area contributed by atoms with E-state index < -0.39 is 17.5 Å². The third-order valence-electron chi connectivity index (χ3n) is 4.49. The third kappa shape index (κ3) is 4.92. The zero-order valence-corrected chi connectivity index (χ0v) is 17.4. The van der Waals surface area contributed by atoms with Crippen molar-refractivity contribution in [3.05, 3.63) is 88.0 Å². The quantitative estimate of drug-likeness (QED) is 0.440. The summed E-state index contributed by atoms with van der Waals surface area (Å²) in [5, 5.41) is 11.1. The van der Waals surface area contributed by atoms with Crippen molar-refractivity contribution >= 4 is 23.5 Å². The van der Waals surface area contributed by atoms with E-state index in [0.29, 0.717) is 29.0 Å². The number of aryl methyl sites for hydroxylation is 1. The van der Waals surface area contributed by atoms with E-state index in [9.17, 15) is 13.6 Å². The van der Waals surface area contributed by atoms with Crippen molar-refractivity contribution in [2.75, 3.05) is 5.32 Å². The van der Waals surface area contributed by atoms with E-state index in [2.05, 4.69) is 20.6 Å². The standard InChI is InChI=1S/C21H16ClF2N5O3/c1-12-16(10-31-18-7-6-15(23)8-17(18)24)19(28-32-12)20(30)26-21-25-11-29(27-21)9-13-2-4-14(22)5-3-13/h2-8,11H,9-10H2,1H3,(H,26,27,30). The van der Waals surface area contributed by atoms with Crippen LogP contribution in [0.1, 0.15) is 27.4 Å². The minimum atomic E-state index is -0.861. The Morgan fingerprint density at radius 2 is 2.00 bits per heavy atom. The molecular formula is C21H16ClF2N5O3. The lowest BCUT2D eigenvalue weighted by Crippen LogP contribution is -2.16. The molecule has 8 nitrogen and oxygen atoms in total. The van der Waals surface area contributed by atoms with Gasteiger partial charge in [-0.1, -0.05) is 28.9 Å². The van der Waals surface area contributed by atoms with Crippen molar-refractivity contribution in [2.24, 2.45) is 0 Å². The number of anilines is 1. The minimum Gasteiger partial charge on any atom is -0.486 e. The Bertz CT molecular complexity index is 1260. The molecule has 4 rings (SSSR count). The molecule has 1 N–H and O–H groups in total. The van der Waals surface area contributed by atoms with E-state index in [1.54, 1.807) is 23.7 Å². The van der Waals surface area contributed by atoms with Crippen molar-refractivity contribution in [1.29, 1.82) is 0 Å². The van der Waals surface area contributed by atoms with Gasteiger partial charge >= 0.3 is 0 Å². The highest BCUT2D eigenvalue weighted by molar-refractivity contribution is 6.30. The Morgan fingerprint density at radius 3 is 2.75 bits per heavy atom. The number of amides is 1. The van der Waals surface area contributed by atoms with E-state index in [4.69, 9.17) is 20.9 Å². The van der Waals surface area contributed by atoms with Gasteiger partial charge < -0.3 is 9.26 Å². The van der Waals surface area contributed by atoms with Gasteiger partial charge in [0.1, 0.15) is 24.5 Å². The van der Waals surface area contributed by atoms with Crippen LogP contribution in [0.4, 0.5) is 14.7 Å². The van der Waals surface area contributed by atoms with Gasteiger partial charge in [0.2, 0.25) is 5.95 Å². The highest BCUT2D eigenvalue weighted by atomic mass is 35.5. The van der Waals surface area contributed by atoms with Crippen molar-refractivity contribution in [2.45, 2.75) is 20.1 Å². The average molecular weight is 460 g/mol. The van der Waals surface area contributed by atoms with Crippen LogP contribution in [-0.2, 0) is 13.2 Å². The number of halogens is 3. The van der Waals surface area contributed by atoms with Crippen LogP contribution < -0.4 is 10.1 Å². The molecule has 32 heavy (non-hydrogen) atoms. The Balaban J connectivity index is 1.43. The third-order valence-corrected chi connectivity index (χ3v) is 4.74. The summed E-state index contributed by atoms with van der Waals surface area (Å²) >= 11 is 5.88. The summed E-state index contributed by atoms with van der Waals surface area (Å²) in [7, 11) is 0. The molecule has 2 aromatic heterocycles. The normalized spacial score (nSPS) is 10.9. The van der Waals surface area contributed by atoms with E-state index in [1.807, 2.05) is 12.1 Å². The number of nitrogens with one attached hydrogen (secondary N) is 1. The molecule has 0 bridgehead atoms. The fourth-order valence-electron chi connectivity index (χ4n) is 2.85. The van der Waals surface area contributed by atoms with Crippen LogP contribution in [-0.4, -0.2) is 25.8 Å². The van der Waals surface area contributed by atoms with E-state index >= 15 is 0 Å². The molecule has 11 heteroatoms. The van der Waals surface area contributed by atoms with Crippen LogP contribution in [0.2, 0.25) is 5.02 Å². The molecule has 0 aliphatic heterocycles. The van der Waals surface area contributed by atoms with Gasteiger partial charge in [0.05, 0.1) is 12.1 Å². The average Bonchev–Trinajstić information content (AvgIpc) is 3.35. The summed E-state index contributed by atoms with van der Waals surface area (Å²) in [5.74, 6) is -1.98. The molecule has 2 aromatic carbocycles. The van der Waals surface area contributed by atoms with Crippen molar-refractivity contribution in [3.8, 4) is 5.75 Å². The van der Waals surface area contributed by atoms with Crippen LogP contribution in [0.3, 0.4) is 0 Å². The largest absolute Gasteiger partial charge is 0.486 e. The fraction of sp³-hybridized carbons (Fsp3) is 0.143. The number of carbonyl (C=O) groups excluding carboxylic acids is 1. The smallest absolute Gasteiger partial charge is 0.280 e. The maximum Gasteiger partial charge on any atom is 0.280 e. The first-order chi connectivity index (χ1) is 15.4. The molecule has 0 aliphatic rings. The number of carbonyl (C=O) groups is 1. The van der Waals surface area contributed by atoms with E-state index in [1.165, 1.54) is 6.33 Å². The number of aromatic nitrogens is 4. The van der Waals surface area contributed by atoms with Gasteiger partial charge in [0.25, 0.3) is 5.91 Å².